The average Bonchev–Trinajstić information content (AvgIpc) is 3.87. The number of nitrogens with zero attached hydrogens (tertiary/aromatic N) is 5. The zero-order valence-corrected chi connectivity index (χ0v) is 26.3. The summed E-state index contributed by atoms with van der Waals surface area (Å²) in [6, 6.07) is 27.9. The van der Waals surface area contributed by atoms with Crippen LogP contribution in [0.3, 0.4) is 0 Å². The number of hydrazone groups is 1. The quantitative estimate of drug-likeness (QED) is 0.184. The fourth-order valence-corrected chi connectivity index (χ4v) is 6.68. The fraction of sp³-hybridized carbons (Fsp3) is 0.182. The molecular weight excluding hydrogens is 609 g/mol. The van der Waals surface area contributed by atoms with Gasteiger partial charge in [0.2, 0.25) is 0 Å². The van der Waals surface area contributed by atoms with Crippen LogP contribution in [0.25, 0.3) is 5.69 Å². The van der Waals surface area contributed by atoms with Crippen LogP contribution in [0.5, 0.6) is 11.5 Å². The van der Waals surface area contributed by atoms with Gasteiger partial charge in [-0.3, -0.25) is 14.2 Å². The Morgan fingerprint density at radius 2 is 1.71 bits per heavy atom. The molecule has 0 unspecified atom stereocenters. The summed E-state index contributed by atoms with van der Waals surface area (Å²) in [5.74, 6) is 1.36. The Labute approximate surface area is 268 Å². The standard InChI is InChI=1S/C33H30N6O4S2/c1-42-27-16-9-15-24(31(27)43-2)26-19-25(28-17-10-18-44-28)37-39(26)30(40)21-45-33-36-35-29(38(33)23-13-7-4-8-14-23)20-34-32(41)22-11-5-3-6-12-22/h3-18,26H,19-21H2,1-2H3,(H,34,41)/t26-/m0/s1. The first-order valence-corrected chi connectivity index (χ1v) is 16.0. The van der Waals surface area contributed by atoms with Crippen molar-refractivity contribution in [2.45, 2.75) is 24.2 Å². The van der Waals surface area contributed by atoms with Gasteiger partial charge in [-0.2, -0.15) is 5.10 Å². The molecule has 0 bridgehead atoms. The molecule has 0 spiro atoms. The van der Waals surface area contributed by atoms with E-state index in [9.17, 15) is 9.59 Å². The molecule has 0 radical (unpaired) electrons. The maximum Gasteiger partial charge on any atom is 0.253 e. The van der Waals surface area contributed by atoms with Gasteiger partial charge in [0.05, 0.1) is 43.1 Å². The van der Waals surface area contributed by atoms with Gasteiger partial charge in [0, 0.05) is 23.2 Å². The molecule has 0 aliphatic carbocycles. The zero-order valence-electron chi connectivity index (χ0n) is 24.6. The van der Waals surface area contributed by atoms with Crippen molar-refractivity contribution in [2.24, 2.45) is 5.10 Å². The number of ether oxygens (including phenoxy) is 2. The molecule has 12 heteroatoms. The molecular formula is C33H30N6O4S2. The van der Waals surface area contributed by atoms with Crippen LogP contribution in [0.2, 0.25) is 0 Å². The maximum atomic E-state index is 13.9. The minimum atomic E-state index is -0.379. The van der Waals surface area contributed by atoms with Crippen molar-refractivity contribution in [2.75, 3.05) is 20.0 Å². The van der Waals surface area contributed by atoms with Gasteiger partial charge in [0.15, 0.2) is 22.5 Å². The third kappa shape index (κ3) is 6.47. The number of thioether (sulfide) groups is 1. The van der Waals surface area contributed by atoms with Crippen molar-refractivity contribution in [1.82, 2.24) is 25.1 Å². The SMILES string of the molecule is COc1cccc([C@@H]2CC(c3cccs3)=NN2C(=O)CSc2nnc(CNC(=O)c3ccccc3)n2-c2ccccc2)c1OC. The van der Waals surface area contributed by atoms with Crippen molar-refractivity contribution in [1.29, 1.82) is 0 Å². The number of para-hydroxylation sites is 2. The molecule has 1 aliphatic heterocycles. The van der Waals surface area contributed by atoms with E-state index in [0.717, 1.165) is 21.8 Å². The highest BCUT2D eigenvalue weighted by Gasteiger charge is 2.36. The first-order chi connectivity index (χ1) is 22.1. The number of aromatic nitrogens is 3. The lowest BCUT2D eigenvalue weighted by molar-refractivity contribution is -0.130. The third-order valence-electron chi connectivity index (χ3n) is 7.25. The van der Waals surface area contributed by atoms with Crippen LogP contribution in [0.15, 0.2) is 107 Å². The largest absolute Gasteiger partial charge is 0.493 e. The van der Waals surface area contributed by atoms with Crippen molar-refractivity contribution in [3.05, 3.63) is 118 Å². The number of hydrogen-bond donors (Lipinski definition) is 1. The Hall–Kier alpha value is -4.94. The first kappa shape index (κ1) is 30.1. The number of benzene rings is 3. The van der Waals surface area contributed by atoms with Crippen molar-refractivity contribution >= 4 is 40.6 Å². The van der Waals surface area contributed by atoms with E-state index in [1.807, 2.05) is 88.8 Å². The molecule has 6 rings (SSSR count). The van der Waals surface area contributed by atoms with Crippen LogP contribution in [-0.4, -0.2) is 57.3 Å². The van der Waals surface area contributed by atoms with Gasteiger partial charge in [-0.25, -0.2) is 5.01 Å². The van der Waals surface area contributed by atoms with Crippen molar-refractivity contribution in [3.8, 4) is 17.2 Å². The number of thiophene rings is 1. The van der Waals surface area contributed by atoms with Gasteiger partial charge in [0.25, 0.3) is 11.8 Å². The number of nitrogens with one attached hydrogen (secondary N) is 1. The lowest BCUT2D eigenvalue weighted by Crippen LogP contribution is -2.29. The molecule has 3 heterocycles. The molecule has 2 amide bonds. The molecule has 45 heavy (non-hydrogen) atoms. The van der Waals surface area contributed by atoms with E-state index < -0.39 is 0 Å². The number of carbonyl (C=O) groups is 2. The lowest BCUT2D eigenvalue weighted by atomic mass is 9.99. The molecule has 0 fully saturated rings. The van der Waals surface area contributed by atoms with E-state index in [1.54, 1.807) is 42.7 Å². The molecule has 228 valence electrons. The van der Waals surface area contributed by atoms with E-state index in [-0.39, 0.29) is 30.2 Å². The monoisotopic (exact) mass is 638 g/mol. The second kappa shape index (κ2) is 13.8. The van der Waals surface area contributed by atoms with Gasteiger partial charge < -0.3 is 14.8 Å². The summed E-state index contributed by atoms with van der Waals surface area (Å²) >= 11 is 2.85. The number of carbonyl (C=O) groups excluding carboxylic acids is 2. The van der Waals surface area contributed by atoms with Crippen LogP contribution < -0.4 is 14.8 Å². The van der Waals surface area contributed by atoms with Gasteiger partial charge in [-0.05, 0) is 41.8 Å². The van der Waals surface area contributed by atoms with E-state index in [0.29, 0.717) is 34.5 Å². The Morgan fingerprint density at radius 3 is 2.42 bits per heavy atom. The average molecular weight is 639 g/mol. The molecule has 1 N–H and O–H groups in total. The highest BCUT2D eigenvalue weighted by atomic mass is 32.2. The van der Waals surface area contributed by atoms with Crippen LogP contribution >= 0.6 is 23.1 Å². The van der Waals surface area contributed by atoms with Crippen LogP contribution in [0.1, 0.15) is 39.1 Å². The zero-order chi connectivity index (χ0) is 31.2. The molecule has 1 aliphatic rings. The first-order valence-electron chi connectivity index (χ1n) is 14.2. The summed E-state index contributed by atoms with van der Waals surface area (Å²) in [7, 11) is 3.18. The Balaban J connectivity index is 1.25. The summed E-state index contributed by atoms with van der Waals surface area (Å²) in [6.45, 7) is 0.155. The molecule has 2 aromatic heterocycles. The Morgan fingerprint density at radius 1 is 0.933 bits per heavy atom. The van der Waals surface area contributed by atoms with Crippen LogP contribution in [0, 0.1) is 0 Å². The Kier molecular flexibility index (Phi) is 9.22. The topological polar surface area (TPSA) is 111 Å². The highest BCUT2D eigenvalue weighted by Crippen LogP contribution is 2.42. The van der Waals surface area contributed by atoms with Crippen LogP contribution in [-0.2, 0) is 11.3 Å². The van der Waals surface area contributed by atoms with Gasteiger partial charge in [0.1, 0.15) is 0 Å². The predicted octanol–water partition coefficient (Wildman–Crippen LogP) is 5.75. The Bertz CT molecular complexity index is 1810. The van der Waals surface area contributed by atoms with Gasteiger partial charge >= 0.3 is 0 Å². The summed E-state index contributed by atoms with van der Waals surface area (Å²) < 4.78 is 13.1. The van der Waals surface area contributed by atoms with Crippen molar-refractivity contribution < 1.29 is 19.1 Å². The smallest absolute Gasteiger partial charge is 0.253 e. The minimum absolute atomic E-state index is 0.0609. The number of amides is 2. The minimum Gasteiger partial charge on any atom is -0.493 e. The van der Waals surface area contributed by atoms with E-state index in [4.69, 9.17) is 14.6 Å². The molecule has 0 saturated carbocycles. The number of methoxy groups -OCH3 is 2. The second-order valence-electron chi connectivity index (χ2n) is 9.97. The van der Waals surface area contributed by atoms with E-state index >= 15 is 0 Å². The van der Waals surface area contributed by atoms with E-state index in [2.05, 4.69) is 15.5 Å². The van der Waals surface area contributed by atoms with Gasteiger partial charge in [-0.15, -0.1) is 21.5 Å². The molecule has 5 aromatic rings. The second-order valence-corrected chi connectivity index (χ2v) is 11.9. The molecule has 1 atom stereocenters. The molecule has 0 saturated heterocycles. The van der Waals surface area contributed by atoms with Crippen LogP contribution in [0.4, 0.5) is 0 Å². The summed E-state index contributed by atoms with van der Waals surface area (Å²) in [4.78, 5) is 27.7. The highest BCUT2D eigenvalue weighted by molar-refractivity contribution is 7.99. The lowest BCUT2D eigenvalue weighted by Gasteiger charge is -2.24. The number of hydrogen-bond acceptors (Lipinski definition) is 9. The molecule has 3 aromatic carbocycles. The van der Waals surface area contributed by atoms with Crippen molar-refractivity contribution in [3.63, 3.8) is 0 Å². The fourth-order valence-electron chi connectivity index (χ4n) is 5.14. The number of rotatable bonds is 11. The summed E-state index contributed by atoms with van der Waals surface area (Å²) in [5, 5.41) is 20.6. The summed E-state index contributed by atoms with van der Waals surface area (Å²) in [6.07, 6.45) is 0.534. The van der Waals surface area contributed by atoms with Gasteiger partial charge in [-0.1, -0.05) is 66.4 Å². The van der Waals surface area contributed by atoms with E-state index in [1.165, 1.54) is 11.8 Å². The summed E-state index contributed by atoms with van der Waals surface area (Å²) in [5.41, 5.74) is 3.02. The normalized spacial score (nSPS) is 14.2. The molecule has 10 nitrogen and oxygen atoms in total. The maximum absolute atomic E-state index is 13.9. The third-order valence-corrected chi connectivity index (χ3v) is 9.08. The predicted molar refractivity (Wildman–Crippen MR) is 174 cm³/mol.